The quantitative estimate of drug-likeness (QED) is 0.729. The molecule has 0 spiro atoms. The molecule has 1 heterocycles. The molecule has 18 heavy (non-hydrogen) atoms. The van der Waals surface area contributed by atoms with Crippen molar-refractivity contribution in [3.8, 4) is 0 Å². The second-order valence-electron chi connectivity index (χ2n) is 5.53. The Morgan fingerprint density at radius 1 is 1.56 bits per heavy atom. The third kappa shape index (κ3) is 2.43. The molecule has 7 heteroatoms. The van der Waals surface area contributed by atoms with Gasteiger partial charge in [0.25, 0.3) is 10.0 Å². The number of H-pyrrole nitrogens is 1. The minimum absolute atomic E-state index is 0.0963. The molecule has 0 aliphatic heterocycles. The number of hydrogen-bond acceptors (Lipinski definition) is 4. The normalized spacial score (nSPS) is 22.1. The van der Waals surface area contributed by atoms with Gasteiger partial charge in [-0.3, -0.25) is 5.10 Å². The van der Waals surface area contributed by atoms with Crippen LogP contribution in [0, 0.1) is 18.3 Å². The van der Waals surface area contributed by atoms with E-state index in [2.05, 4.69) is 28.8 Å². The molecule has 1 unspecified atom stereocenters. The molecule has 0 saturated heterocycles. The molecule has 1 aromatic rings. The van der Waals surface area contributed by atoms with Crippen LogP contribution in [0.4, 0.5) is 0 Å². The van der Waals surface area contributed by atoms with Gasteiger partial charge < -0.3 is 5.11 Å². The number of nitrogens with one attached hydrogen (secondary N) is 2. The molecule has 1 aliphatic carbocycles. The van der Waals surface area contributed by atoms with E-state index in [1.54, 1.807) is 6.92 Å². The Morgan fingerprint density at radius 2 is 2.17 bits per heavy atom. The number of aliphatic hydroxyl groups is 1. The van der Waals surface area contributed by atoms with Crippen LogP contribution in [0.2, 0.25) is 0 Å². The first kappa shape index (κ1) is 13.5. The predicted octanol–water partition coefficient (Wildman–Crippen LogP) is 0.535. The van der Waals surface area contributed by atoms with E-state index < -0.39 is 10.0 Å². The Kier molecular flexibility index (Phi) is 3.25. The van der Waals surface area contributed by atoms with Crippen molar-refractivity contribution in [1.82, 2.24) is 14.9 Å². The zero-order chi connectivity index (χ0) is 13.6. The Labute approximate surface area is 107 Å². The molecule has 1 aromatic heterocycles. The van der Waals surface area contributed by atoms with Gasteiger partial charge in [-0.2, -0.15) is 5.10 Å². The lowest BCUT2D eigenvalue weighted by atomic mass is 10.1. The molecule has 2 rings (SSSR count). The highest BCUT2D eigenvalue weighted by molar-refractivity contribution is 7.89. The SMILES string of the molecule is Cc1[nH]nc(S(=O)(=O)NCC2CC2(C)C)c1CO. The number of aromatic amines is 1. The fourth-order valence-electron chi connectivity index (χ4n) is 2.04. The highest BCUT2D eigenvalue weighted by Gasteiger charge is 2.45. The van der Waals surface area contributed by atoms with Gasteiger partial charge in [0.2, 0.25) is 0 Å². The summed E-state index contributed by atoms with van der Waals surface area (Å²) in [6, 6.07) is 0. The van der Waals surface area contributed by atoms with Gasteiger partial charge in [-0.05, 0) is 24.7 Å². The molecule has 6 nitrogen and oxygen atoms in total. The number of aromatic nitrogens is 2. The standard InChI is InChI=1S/C11H19N3O3S/c1-7-9(6-15)10(14-13-7)18(16,17)12-5-8-4-11(8,2)3/h8,12,15H,4-6H2,1-3H3,(H,13,14). The largest absolute Gasteiger partial charge is 0.392 e. The fourth-order valence-corrected chi connectivity index (χ4v) is 3.31. The van der Waals surface area contributed by atoms with Crippen LogP contribution in [0.25, 0.3) is 0 Å². The molecule has 0 radical (unpaired) electrons. The van der Waals surface area contributed by atoms with Crippen molar-refractivity contribution in [2.75, 3.05) is 6.54 Å². The van der Waals surface area contributed by atoms with E-state index in [4.69, 9.17) is 0 Å². The number of aliphatic hydroxyl groups excluding tert-OH is 1. The van der Waals surface area contributed by atoms with Gasteiger partial charge in [-0.15, -0.1) is 0 Å². The van der Waals surface area contributed by atoms with Crippen LogP contribution >= 0.6 is 0 Å². The molecular formula is C11H19N3O3S. The highest BCUT2D eigenvalue weighted by Crippen LogP contribution is 2.51. The summed E-state index contributed by atoms with van der Waals surface area (Å²) in [6.45, 7) is 5.99. The maximum Gasteiger partial charge on any atom is 0.260 e. The lowest BCUT2D eigenvalue weighted by Crippen LogP contribution is -2.28. The fraction of sp³-hybridized carbons (Fsp3) is 0.727. The van der Waals surface area contributed by atoms with Crippen LogP contribution in [-0.4, -0.2) is 30.3 Å². The van der Waals surface area contributed by atoms with Crippen LogP contribution in [0.5, 0.6) is 0 Å². The van der Waals surface area contributed by atoms with Gasteiger partial charge in [-0.1, -0.05) is 13.8 Å². The van der Waals surface area contributed by atoms with E-state index in [0.717, 1.165) is 6.42 Å². The van der Waals surface area contributed by atoms with Crippen LogP contribution in [-0.2, 0) is 16.6 Å². The van der Waals surface area contributed by atoms with Gasteiger partial charge in [0, 0.05) is 17.8 Å². The molecule has 0 aromatic carbocycles. The van der Waals surface area contributed by atoms with Crippen LogP contribution in [0.3, 0.4) is 0 Å². The summed E-state index contributed by atoms with van der Waals surface area (Å²) in [5, 5.41) is 15.4. The minimum Gasteiger partial charge on any atom is -0.392 e. The number of sulfonamides is 1. The van der Waals surface area contributed by atoms with E-state index in [9.17, 15) is 13.5 Å². The van der Waals surface area contributed by atoms with E-state index in [-0.39, 0.29) is 17.0 Å². The zero-order valence-corrected chi connectivity index (χ0v) is 11.6. The van der Waals surface area contributed by atoms with E-state index in [1.807, 2.05) is 0 Å². The van der Waals surface area contributed by atoms with Crippen molar-refractivity contribution in [1.29, 1.82) is 0 Å². The average Bonchev–Trinajstić information content (AvgIpc) is 2.69. The van der Waals surface area contributed by atoms with Crippen molar-refractivity contribution >= 4 is 10.0 Å². The second kappa shape index (κ2) is 4.32. The first-order valence-electron chi connectivity index (χ1n) is 5.92. The maximum absolute atomic E-state index is 12.1. The summed E-state index contributed by atoms with van der Waals surface area (Å²) in [7, 11) is -3.64. The van der Waals surface area contributed by atoms with E-state index >= 15 is 0 Å². The van der Waals surface area contributed by atoms with Gasteiger partial charge in [-0.25, -0.2) is 13.1 Å². The predicted molar refractivity (Wildman–Crippen MR) is 66.3 cm³/mol. The molecule has 0 amide bonds. The summed E-state index contributed by atoms with van der Waals surface area (Å²) in [5.74, 6) is 0.380. The molecule has 1 saturated carbocycles. The van der Waals surface area contributed by atoms with Crippen molar-refractivity contribution in [3.63, 3.8) is 0 Å². The number of aryl methyl sites for hydroxylation is 1. The molecule has 102 valence electrons. The smallest absolute Gasteiger partial charge is 0.260 e. The maximum atomic E-state index is 12.1. The molecule has 1 atom stereocenters. The zero-order valence-electron chi connectivity index (χ0n) is 10.8. The van der Waals surface area contributed by atoms with Crippen molar-refractivity contribution in [3.05, 3.63) is 11.3 Å². The summed E-state index contributed by atoms with van der Waals surface area (Å²) >= 11 is 0. The van der Waals surface area contributed by atoms with Gasteiger partial charge in [0.05, 0.1) is 6.61 Å². The summed E-state index contributed by atoms with van der Waals surface area (Å²) < 4.78 is 26.7. The number of nitrogens with zero attached hydrogens (tertiary/aromatic N) is 1. The Balaban J connectivity index is 2.11. The lowest BCUT2D eigenvalue weighted by molar-refractivity contribution is 0.277. The summed E-state index contributed by atoms with van der Waals surface area (Å²) in [6.07, 6.45) is 1.03. The Hall–Kier alpha value is -0.920. The molecular weight excluding hydrogens is 254 g/mol. The van der Waals surface area contributed by atoms with Crippen molar-refractivity contribution in [2.24, 2.45) is 11.3 Å². The second-order valence-corrected chi connectivity index (χ2v) is 7.21. The first-order valence-corrected chi connectivity index (χ1v) is 7.40. The number of rotatable bonds is 5. The third-order valence-electron chi connectivity index (χ3n) is 3.69. The van der Waals surface area contributed by atoms with E-state index in [1.165, 1.54) is 0 Å². The monoisotopic (exact) mass is 273 g/mol. The van der Waals surface area contributed by atoms with Gasteiger partial charge in [0.1, 0.15) is 0 Å². The Bertz CT molecular complexity index is 548. The third-order valence-corrected chi connectivity index (χ3v) is 5.08. The topological polar surface area (TPSA) is 95.1 Å². The van der Waals surface area contributed by atoms with Gasteiger partial charge in [0.15, 0.2) is 5.03 Å². The van der Waals surface area contributed by atoms with E-state index in [0.29, 0.717) is 23.7 Å². The number of hydrogen-bond donors (Lipinski definition) is 3. The van der Waals surface area contributed by atoms with Crippen molar-refractivity contribution in [2.45, 2.75) is 38.8 Å². The lowest BCUT2D eigenvalue weighted by Gasteiger charge is -2.07. The summed E-state index contributed by atoms with van der Waals surface area (Å²) in [5.41, 5.74) is 1.13. The highest BCUT2D eigenvalue weighted by atomic mass is 32.2. The minimum atomic E-state index is -3.64. The first-order chi connectivity index (χ1) is 8.28. The molecule has 3 N–H and O–H groups in total. The van der Waals surface area contributed by atoms with Crippen LogP contribution < -0.4 is 4.72 Å². The molecule has 0 bridgehead atoms. The molecule has 1 aliphatic rings. The van der Waals surface area contributed by atoms with Gasteiger partial charge >= 0.3 is 0 Å². The summed E-state index contributed by atoms with van der Waals surface area (Å²) in [4.78, 5) is 0. The molecule has 1 fully saturated rings. The van der Waals surface area contributed by atoms with Crippen LogP contribution in [0.15, 0.2) is 5.03 Å². The van der Waals surface area contributed by atoms with Crippen LogP contribution in [0.1, 0.15) is 31.5 Å². The average molecular weight is 273 g/mol. The Morgan fingerprint density at radius 3 is 2.67 bits per heavy atom. The van der Waals surface area contributed by atoms with Crippen molar-refractivity contribution < 1.29 is 13.5 Å².